The molecule has 96 valence electrons. The lowest BCUT2D eigenvalue weighted by Gasteiger charge is -1.92. The first-order chi connectivity index (χ1) is 9.15. The largest absolute Gasteiger partial charge is 0.477 e. The monoisotopic (exact) mass is 290 g/mol. The fraction of sp³-hybridized carbons (Fsp3) is 0.0769. The Balaban J connectivity index is 1.97. The van der Waals surface area contributed by atoms with Crippen molar-refractivity contribution in [3.63, 3.8) is 0 Å². The van der Waals surface area contributed by atoms with E-state index in [4.69, 9.17) is 5.11 Å². The van der Waals surface area contributed by atoms with Gasteiger partial charge in [-0.25, -0.2) is 9.78 Å². The van der Waals surface area contributed by atoms with Crippen molar-refractivity contribution in [2.75, 3.05) is 0 Å². The molecule has 0 aromatic carbocycles. The normalized spacial score (nSPS) is 10.8. The van der Waals surface area contributed by atoms with Gasteiger partial charge < -0.3 is 10.1 Å². The first kappa shape index (κ1) is 12.1. The molecule has 4 nitrogen and oxygen atoms in total. The lowest BCUT2D eigenvalue weighted by atomic mass is 10.2. The summed E-state index contributed by atoms with van der Waals surface area (Å²) in [6, 6.07) is 1.60. The third-order valence-corrected chi connectivity index (χ3v) is 4.54. The van der Waals surface area contributed by atoms with Crippen molar-refractivity contribution in [1.82, 2.24) is 9.97 Å². The Bertz CT molecular complexity index is 739. The second kappa shape index (κ2) is 4.64. The molecule has 0 saturated heterocycles. The van der Waals surface area contributed by atoms with Gasteiger partial charge in [0.2, 0.25) is 0 Å². The van der Waals surface area contributed by atoms with E-state index >= 15 is 0 Å². The average Bonchev–Trinajstić information content (AvgIpc) is 3.07. The number of aromatic nitrogens is 2. The number of nitrogens with one attached hydrogen (secondary N) is 1. The van der Waals surface area contributed by atoms with Gasteiger partial charge in [0, 0.05) is 28.1 Å². The highest BCUT2D eigenvalue weighted by atomic mass is 32.1. The molecular weight excluding hydrogens is 280 g/mol. The highest BCUT2D eigenvalue weighted by molar-refractivity contribution is 7.14. The summed E-state index contributed by atoms with van der Waals surface area (Å²) in [4.78, 5) is 18.1. The van der Waals surface area contributed by atoms with Gasteiger partial charge in [0.1, 0.15) is 10.7 Å². The van der Waals surface area contributed by atoms with Crippen molar-refractivity contribution in [3.05, 3.63) is 39.7 Å². The molecule has 0 fully saturated rings. The van der Waals surface area contributed by atoms with Gasteiger partial charge in [-0.3, -0.25) is 0 Å². The number of aryl methyl sites for hydroxylation is 1. The second-order valence-corrected chi connectivity index (χ2v) is 5.72. The number of hydrogen-bond donors (Lipinski definition) is 2. The molecule has 2 N–H and O–H groups in total. The smallest absolute Gasteiger partial charge is 0.352 e. The number of carboxylic acids is 1. The molecule has 0 aliphatic rings. The van der Waals surface area contributed by atoms with Crippen molar-refractivity contribution in [2.24, 2.45) is 0 Å². The van der Waals surface area contributed by atoms with Crippen molar-refractivity contribution in [2.45, 2.75) is 6.92 Å². The standard InChI is InChI=1S/C13H10N2O2S2/c1-7-4-18-5-9(7)12-15-11(6-19-12)8-2-10(13(16)17)14-3-8/h2-6,14H,1H3,(H,16,17). The van der Waals surface area contributed by atoms with Gasteiger partial charge in [-0.2, -0.15) is 11.3 Å². The minimum atomic E-state index is -0.963. The highest BCUT2D eigenvalue weighted by Crippen LogP contribution is 2.32. The number of aromatic carboxylic acids is 1. The molecule has 0 radical (unpaired) electrons. The zero-order valence-electron chi connectivity index (χ0n) is 10.0. The summed E-state index contributed by atoms with van der Waals surface area (Å²) in [5.74, 6) is -0.963. The maximum atomic E-state index is 10.8. The summed E-state index contributed by atoms with van der Waals surface area (Å²) >= 11 is 3.23. The van der Waals surface area contributed by atoms with Crippen LogP contribution in [0.1, 0.15) is 16.1 Å². The summed E-state index contributed by atoms with van der Waals surface area (Å²) in [6.07, 6.45) is 1.67. The van der Waals surface area contributed by atoms with Crippen LogP contribution in [0, 0.1) is 6.92 Å². The van der Waals surface area contributed by atoms with Crippen LogP contribution in [0.5, 0.6) is 0 Å². The molecule has 0 spiro atoms. The Morgan fingerprint density at radius 2 is 2.21 bits per heavy atom. The molecule has 6 heteroatoms. The molecule has 0 bridgehead atoms. The zero-order chi connectivity index (χ0) is 13.4. The van der Waals surface area contributed by atoms with Gasteiger partial charge in [-0.05, 0) is 23.9 Å². The predicted octanol–water partition coefficient (Wildman–Crippen LogP) is 3.87. The van der Waals surface area contributed by atoms with E-state index in [0.717, 1.165) is 21.8 Å². The lowest BCUT2D eigenvalue weighted by Crippen LogP contribution is -1.94. The van der Waals surface area contributed by atoms with E-state index < -0.39 is 5.97 Å². The average molecular weight is 290 g/mol. The van der Waals surface area contributed by atoms with Crippen LogP contribution >= 0.6 is 22.7 Å². The van der Waals surface area contributed by atoms with Crippen LogP contribution in [0.25, 0.3) is 21.8 Å². The number of aromatic amines is 1. The van der Waals surface area contributed by atoms with Gasteiger partial charge in [-0.15, -0.1) is 11.3 Å². The van der Waals surface area contributed by atoms with E-state index in [2.05, 4.69) is 27.7 Å². The highest BCUT2D eigenvalue weighted by Gasteiger charge is 2.12. The van der Waals surface area contributed by atoms with Gasteiger partial charge in [0.25, 0.3) is 0 Å². The SMILES string of the molecule is Cc1cscc1-c1nc(-c2c[nH]c(C(=O)O)c2)cs1. The third-order valence-electron chi connectivity index (χ3n) is 2.80. The van der Waals surface area contributed by atoms with Gasteiger partial charge >= 0.3 is 5.97 Å². The second-order valence-electron chi connectivity index (χ2n) is 4.11. The van der Waals surface area contributed by atoms with Gasteiger partial charge in [-0.1, -0.05) is 0 Å². The maximum absolute atomic E-state index is 10.8. The van der Waals surface area contributed by atoms with Crippen LogP contribution in [0.15, 0.2) is 28.4 Å². The minimum absolute atomic E-state index is 0.177. The number of thiazole rings is 1. The number of rotatable bonds is 3. The summed E-state index contributed by atoms with van der Waals surface area (Å²) < 4.78 is 0. The summed E-state index contributed by atoms with van der Waals surface area (Å²) in [5, 5.41) is 16.0. The van der Waals surface area contributed by atoms with Crippen LogP contribution in [-0.4, -0.2) is 21.0 Å². The van der Waals surface area contributed by atoms with Crippen LogP contribution in [0.2, 0.25) is 0 Å². The summed E-state index contributed by atoms with van der Waals surface area (Å²) in [7, 11) is 0. The van der Waals surface area contributed by atoms with E-state index in [-0.39, 0.29) is 5.69 Å². The van der Waals surface area contributed by atoms with E-state index in [1.54, 1.807) is 34.9 Å². The van der Waals surface area contributed by atoms with Gasteiger partial charge in [0.15, 0.2) is 0 Å². The van der Waals surface area contributed by atoms with E-state index in [0.29, 0.717) is 0 Å². The molecule has 0 atom stereocenters. The fourth-order valence-corrected chi connectivity index (χ4v) is 3.59. The maximum Gasteiger partial charge on any atom is 0.352 e. The van der Waals surface area contributed by atoms with Crippen LogP contribution in [-0.2, 0) is 0 Å². The van der Waals surface area contributed by atoms with Crippen LogP contribution < -0.4 is 0 Å². The Kier molecular flexibility index (Phi) is 2.96. The summed E-state index contributed by atoms with van der Waals surface area (Å²) in [5.41, 5.74) is 4.14. The fourth-order valence-electron chi connectivity index (χ4n) is 1.78. The summed E-state index contributed by atoms with van der Waals surface area (Å²) in [6.45, 7) is 2.06. The zero-order valence-corrected chi connectivity index (χ0v) is 11.6. The quantitative estimate of drug-likeness (QED) is 0.769. The first-order valence-electron chi connectivity index (χ1n) is 5.56. The molecule has 0 saturated carbocycles. The number of carbonyl (C=O) groups is 1. The molecule has 3 heterocycles. The number of nitrogens with zero attached hydrogens (tertiary/aromatic N) is 1. The Labute approximate surface area is 117 Å². The first-order valence-corrected chi connectivity index (χ1v) is 7.38. The predicted molar refractivity (Wildman–Crippen MR) is 76.9 cm³/mol. The third kappa shape index (κ3) is 2.20. The molecule has 3 aromatic heterocycles. The van der Waals surface area contributed by atoms with E-state index in [1.165, 1.54) is 5.56 Å². The van der Waals surface area contributed by atoms with E-state index in [9.17, 15) is 4.79 Å². The molecule has 0 aliphatic heterocycles. The molecule has 0 aliphatic carbocycles. The Morgan fingerprint density at radius 1 is 1.37 bits per heavy atom. The van der Waals surface area contributed by atoms with E-state index in [1.807, 2.05) is 5.38 Å². The number of thiophene rings is 1. The van der Waals surface area contributed by atoms with Crippen molar-refractivity contribution in [1.29, 1.82) is 0 Å². The molecule has 3 aromatic rings. The molecular formula is C13H10N2O2S2. The van der Waals surface area contributed by atoms with Crippen molar-refractivity contribution in [3.8, 4) is 21.8 Å². The molecule has 3 rings (SSSR count). The molecule has 0 unspecified atom stereocenters. The number of carboxylic acid groups (broad SMARTS) is 1. The van der Waals surface area contributed by atoms with Gasteiger partial charge in [0.05, 0.1) is 5.69 Å². The van der Waals surface area contributed by atoms with Crippen LogP contribution in [0.4, 0.5) is 0 Å². The molecule has 19 heavy (non-hydrogen) atoms. The topological polar surface area (TPSA) is 66.0 Å². The number of H-pyrrole nitrogens is 1. The lowest BCUT2D eigenvalue weighted by molar-refractivity contribution is 0.0691. The number of hydrogen-bond acceptors (Lipinski definition) is 4. The Hall–Kier alpha value is -1.92. The van der Waals surface area contributed by atoms with Crippen molar-refractivity contribution >= 4 is 28.6 Å². The Morgan fingerprint density at radius 3 is 2.84 bits per heavy atom. The molecule has 0 amide bonds. The van der Waals surface area contributed by atoms with Crippen molar-refractivity contribution < 1.29 is 9.90 Å². The minimum Gasteiger partial charge on any atom is -0.477 e. The van der Waals surface area contributed by atoms with Crippen LogP contribution in [0.3, 0.4) is 0 Å².